The molecule has 0 spiro atoms. The molecule has 0 atom stereocenters. The van der Waals surface area contributed by atoms with Crippen LogP contribution in [0.3, 0.4) is 0 Å². The van der Waals surface area contributed by atoms with E-state index in [0.717, 1.165) is 51.0 Å². The minimum atomic E-state index is -0.245. The lowest BCUT2D eigenvalue weighted by Gasteiger charge is -2.38. The summed E-state index contributed by atoms with van der Waals surface area (Å²) in [5.74, 6) is 0.897. The number of carbonyl (C=O) groups excluding carboxylic acids is 1. The third kappa shape index (κ3) is 3.69. The molecule has 19 heavy (non-hydrogen) atoms. The number of hydrogen-bond donors (Lipinski definition) is 1. The highest BCUT2D eigenvalue weighted by Gasteiger charge is 2.36. The highest BCUT2D eigenvalue weighted by molar-refractivity contribution is 5.78. The summed E-state index contributed by atoms with van der Waals surface area (Å²) in [7, 11) is 0. The fourth-order valence-electron chi connectivity index (χ4n) is 3.02. The molecule has 1 amide bonds. The normalized spacial score (nSPS) is 31.2. The predicted octanol–water partition coefficient (Wildman–Crippen LogP) is 1.92. The second-order valence-electron chi connectivity index (χ2n) is 6.27. The van der Waals surface area contributed by atoms with Gasteiger partial charge in [0.1, 0.15) is 6.61 Å². The zero-order valence-corrected chi connectivity index (χ0v) is 12.4. The van der Waals surface area contributed by atoms with Crippen molar-refractivity contribution in [3.8, 4) is 0 Å². The molecular formula is C15H28N2O2. The molecule has 0 aromatic carbocycles. The zero-order chi connectivity index (χ0) is 13.9. The second kappa shape index (κ2) is 6.23. The zero-order valence-electron chi connectivity index (χ0n) is 12.4. The van der Waals surface area contributed by atoms with Crippen LogP contribution in [0.15, 0.2) is 0 Å². The maximum Gasteiger partial charge on any atom is 0.248 e. The van der Waals surface area contributed by atoms with Crippen LogP contribution in [0, 0.1) is 5.92 Å². The monoisotopic (exact) mass is 268 g/mol. The van der Waals surface area contributed by atoms with Gasteiger partial charge in [-0.15, -0.1) is 0 Å². The molecule has 4 heteroatoms. The third-order valence-corrected chi connectivity index (χ3v) is 4.71. The van der Waals surface area contributed by atoms with Gasteiger partial charge in [0.05, 0.1) is 5.60 Å². The number of nitrogens with two attached hydrogens (primary N) is 1. The Kier molecular flexibility index (Phi) is 4.85. The van der Waals surface area contributed by atoms with E-state index in [9.17, 15) is 4.79 Å². The molecule has 0 aliphatic heterocycles. The number of rotatable bonds is 6. The number of ether oxygens (including phenoxy) is 1. The fraction of sp³-hybridized carbons (Fsp3) is 0.933. The van der Waals surface area contributed by atoms with E-state index in [-0.39, 0.29) is 18.1 Å². The summed E-state index contributed by atoms with van der Waals surface area (Å²) >= 11 is 0. The summed E-state index contributed by atoms with van der Waals surface area (Å²) in [6.07, 6.45) is 6.61. The minimum absolute atomic E-state index is 0.136. The molecule has 0 saturated heterocycles. The molecule has 2 aliphatic carbocycles. The van der Waals surface area contributed by atoms with Crippen molar-refractivity contribution in [1.29, 1.82) is 0 Å². The molecule has 0 heterocycles. The topological polar surface area (TPSA) is 55.6 Å². The van der Waals surface area contributed by atoms with Crippen molar-refractivity contribution in [3.05, 3.63) is 0 Å². The van der Waals surface area contributed by atoms with Crippen molar-refractivity contribution in [1.82, 2.24) is 4.90 Å². The summed E-state index contributed by atoms with van der Waals surface area (Å²) in [5, 5.41) is 0. The van der Waals surface area contributed by atoms with E-state index in [2.05, 4.69) is 6.92 Å². The summed E-state index contributed by atoms with van der Waals surface area (Å²) in [6, 6.07) is 0.473. The Balaban J connectivity index is 1.83. The van der Waals surface area contributed by atoms with Gasteiger partial charge in [-0.05, 0) is 51.4 Å². The molecule has 110 valence electrons. The maximum atomic E-state index is 12.2. The first kappa shape index (κ1) is 14.8. The molecule has 0 bridgehead atoms. The minimum Gasteiger partial charge on any atom is -0.364 e. The fourth-order valence-corrected chi connectivity index (χ4v) is 3.02. The van der Waals surface area contributed by atoms with Crippen molar-refractivity contribution >= 4 is 5.91 Å². The molecule has 0 aromatic heterocycles. The summed E-state index contributed by atoms with van der Waals surface area (Å²) < 4.78 is 5.97. The van der Waals surface area contributed by atoms with Crippen molar-refractivity contribution < 1.29 is 9.53 Å². The molecule has 0 aromatic rings. The molecule has 2 fully saturated rings. The van der Waals surface area contributed by atoms with E-state index in [4.69, 9.17) is 10.5 Å². The van der Waals surface area contributed by atoms with E-state index in [0.29, 0.717) is 12.6 Å². The van der Waals surface area contributed by atoms with Crippen LogP contribution in [0.4, 0.5) is 0 Å². The van der Waals surface area contributed by atoms with Gasteiger partial charge in [-0.1, -0.05) is 6.92 Å². The van der Waals surface area contributed by atoms with Gasteiger partial charge in [-0.3, -0.25) is 4.79 Å². The van der Waals surface area contributed by atoms with Crippen molar-refractivity contribution in [3.63, 3.8) is 0 Å². The van der Waals surface area contributed by atoms with E-state index >= 15 is 0 Å². The Bertz CT molecular complexity index is 307. The smallest absolute Gasteiger partial charge is 0.248 e. The summed E-state index contributed by atoms with van der Waals surface area (Å²) in [5.41, 5.74) is 5.66. The molecular weight excluding hydrogens is 240 g/mol. The molecule has 0 unspecified atom stereocenters. The van der Waals surface area contributed by atoms with E-state index in [1.807, 2.05) is 11.8 Å². The Labute approximate surface area is 116 Å². The van der Waals surface area contributed by atoms with Gasteiger partial charge < -0.3 is 15.4 Å². The first-order valence-electron chi connectivity index (χ1n) is 7.73. The summed E-state index contributed by atoms with van der Waals surface area (Å²) in [4.78, 5) is 14.1. The molecule has 2 rings (SSSR count). The van der Waals surface area contributed by atoms with Gasteiger partial charge in [0.2, 0.25) is 5.91 Å². The van der Waals surface area contributed by atoms with Crippen molar-refractivity contribution in [2.45, 2.75) is 64.0 Å². The van der Waals surface area contributed by atoms with Crippen LogP contribution in [-0.2, 0) is 9.53 Å². The van der Waals surface area contributed by atoms with Gasteiger partial charge in [-0.25, -0.2) is 0 Å². The number of hydrogen-bond acceptors (Lipinski definition) is 3. The number of likely N-dealkylation sites (N-methyl/N-ethyl adjacent to an activating group) is 1. The Morgan fingerprint density at radius 3 is 2.42 bits per heavy atom. The van der Waals surface area contributed by atoms with Crippen LogP contribution in [0.25, 0.3) is 0 Å². The van der Waals surface area contributed by atoms with Crippen LogP contribution in [0.5, 0.6) is 0 Å². The average molecular weight is 268 g/mol. The average Bonchev–Trinajstić information content (AvgIpc) is 3.24. The molecule has 0 radical (unpaired) electrons. The first-order valence-corrected chi connectivity index (χ1v) is 7.73. The van der Waals surface area contributed by atoms with Gasteiger partial charge >= 0.3 is 0 Å². The standard InChI is InChI=1S/C15H28N2O2/c1-3-17(13-4-5-13)14(18)10-19-15(11-16)8-6-12(2)7-9-15/h12-13H,3-11,16H2,1-2H3. The van der Waals surface area contributed by atoms with Gasteiger partial charge in [0.25, 0.3) is 0 Å². The third-order valence-electron chi connectivity index (χ3n) is 4.71. The molecule has 2 saturated carbocycles. The van der Waals surface area contributed by atoms with Crippen molar-refractivity contribution in [2.24, 2.45) is 11.7 Å². The lowest BCUT2D eigenvalue weighted by molar-refractivity contribution is -0.146. The number of nitrogens with zero attached hydrogens (tertiary/aromatic N) is 1. The van der Waals surface area contributed by atoms with Crippen LogP contribution in [0.2, 0.25) is 0 Å². The van der Waals surface area contributed by atoms with Crippen LogP contribution in [0.1, 0.15) is 52.4 Å². The van der Waals surface area contributed by atoms with Gasteiger partial charge in [0, 0.05) is 19.1 Å². The SMILES string of the molecule is CCN(C(=O)COC1(CN)CCC(C)CC1)C1CC1. The van der Waals surface area contributed by atoms with E-state index in [1.165, 1.54) is 0 Å². The van der Waals surface area contributed by atoms with Gasteiger partial charge in [0.15, 0.2) is 0 Å². The highest BCUT2D eigenvalue weighted by Crippen LogP contribution is 2.34. The van der Waals surface area contributed by atoms with Crippen LogP contribution in [-0.4, -0.2) is 42.1 Å². The van der Waals surface area contributed by atoms with E-state index < -0.39 is 0 Å². The lowest BCUT2D eigenvalue weighted by atomic mass is 9.79. The molecule has 2 N–H and O–H groups in total. The Morgan fingerprint density at radius 1 is 1.32 bits per heavy atom. The number of amides is 1. The second-order valence-corrected chi connectivity index (χ2v) is 6.27. The summed E-state index contributed by atoms with van der Waals surface area (Å²) in [6.45, 7) is 5.84. The quantitative estimate of drug-likeness (QED) is 0.800. The van der Waals surface area contributed by atoms with Crippen LogP contribution < -0.4 is 5.73 Å². The molecule has 2 aliphatic rings. The highest BCUT2D eigenvalue weighted by atomic mass is 16.5. The van der Waals surface area contributed by atoms with E-state index in [1.54, 1.807) is 0 Å². The number of carbonyl (C=O) groups is 1. The van der Waals surface area contributed by atoms with Gasteiger partial charge in [-0.2, -0.15) is 0 Å². The Hall–Kier alpha value is -0.610. The first-order chi connectivity index (χ1) is 9.10. The lowest BCUT2D eigenvalue weighted by Crippen LogP contribution is -2.46. The molecule has 4 nitrogen and oxygen atoms in total. The van der Waals surface area contributed by atoms with Crippen LogP contribution >= 0.6 is 0 Å². The maximum absolute atomic E-state index is 12.2. The largest absolute Gasteiger partial charge is 0.364 e. The van der Waals surface area contributed by atoms with Crippen molar-refractivity contribution in [2.75, 3.05) is 19.7 Å². The predicted molar refractivity (Wildman–Crippen MR) is 75.8 cm³/mol. The Morgan fingerprint density at radius 2 is 1.95 bits per heavy atom.